The first-order chi connectivity index (χ1) is 10.2. The fraction of sp³-hybridized carbons (Fsp3) is 0.308. The molecule has 0 atom stereocenters. The van der Waals surface area contributed by atoms with Crippen molar-refractivity contribution in [3.05, 3.63) is 36.2 Å². The lowest BCUT2D eigenvalue weighted by Crippen LogP contribution is -2.19. The number of aliphatic hydroxyl groups is 1. The Balaban J connectivity index is 1.90. The van der Waals surface area contributed by atoms with E-state index in [1.54, 1.807) is 16.8 Å². The second kappa shape index (κ2) is 7.25. The van der Waals surface area contributed by atoms with Gasteiger partial charge in [-0.15, -0.1) is 5.10 Å². The van der Waals surface area contributed by atoms with Crippen molar-refractivity contribution in [1.29, 1.82) is 0 Å². The fourth-order valence-electron chi connectivity index (χ4n) is 1.80. The summed E-state index contributed by atoms with van der Waals surface area (Å²) >= 11 is 0. The van der Waals surface area contributed by atoms with Crippen molar-refractivity contribution in [2.45, 2.75) is 19.5 Å². The molecule has 0 radical (unpaired) electrons. The highest BCUT2D eigenvalue weighted by atomic mass is 16.3. The summed E-state index contributed by atoms with van der Waals surface area (Å²) in [5, 5.41) is 22.5. The lowest BCUT2D eigenvalue weighted by atomic mass is 10.2. The first-order valence-corrected chi connectivity index (χ1v) is 6.57. The normalized spacial score (nSPS) is 10.3. The number of anilines is 2. The Morgan fingerprint density at radius 2 is 2.19 bits per heavy atom. The number of nitrogens with two attached hydrogens (primary N) is 1. The number of nitrogens with zero attached hydrogens (tertiary/aromatic N) is 3. The van der Waals surface area contributed by atoms with Crippen LogP contribution in [-0.4, -0.2) is 32.7 Å². The number of hydrogen-bond acceptors (Lipinski definition) is 5. The highest BCUT2D eigenvalue weighted by Crippen LogP contribution is 2.15. The van der Waals surface area contributed by atoms with Crippen LogP contribution in [0.5, 0.6) is 0 Å². The Morgan fingerprint density at radius 3 is 2.95 bits per heavy atom. The third-order valence-electron chi connectivity index (χ3n) is 2.74. The van der Waals surface area contributed by atoms with Gasteiger partial charge in [0.05, 0.1) is 12.7 Å². The maximum Gasteiger partial charge on any atom is 0.316 e. The quantitative estimate of drug-likeness (QED) is 0.600. The van der Waals surface area contributed by atoms with Crippen molar-refractivity contribution < 1.29 is 9.90 Å². The van der Waals surface area contributed by atoms with Gasteiger partial charge in [-0.2, -0.15) is 0 Å². The number of benzene rings is 1. The van der Waals surface area contributed by atoms with Crippen molar-refractivity contribution in [3.63, 3.8) is 0 Å². The fourth-order valence-corrected chi connectivity index (χ4v) is 1.80. The topological polar surface area (TPSA) is 118 Å². The minimum Gasteiger partial charge on any atom is -0.396 e. The molecule has 2 aromatic rings. The van der Waals surface area contributed by atoms with Crippen LogP contribution in [0.2, 0.25) is 0 Å². The third-order valence-corrected chi connectivity index (χ3v) is 2.74. The summed E-state index contributed by atoms with van der Waals surface area (Å²) < 4.78 is 1.69. The van der Waals surface area contributed by atoms with Crippen molar-refractivity contribution in [3.8, 4) is 0 Å². The number of aromatic nitrogens is 3. The first kappa shape index (κ1) is 14.8. The SMILES string of the molecule is NC(=O)Nc1cccc(NCc2cn(CCCO)nn2)c1. The van der Waals surface area contributed by atoms with E-state index >= 15 is 0 Å². The summed E-state index contributed by atoms with van der Waals surface area (Å²) in [7, 11) is 0. The summed E-state index contributed by atoms with van der Waals surface area (Å²) in [6.07, 6.45) is 2.48. The van der Waals surface area contributed by atoms with Crippen molar-refractivity contribution in [2.75, 3.05) is 17.2 Å². The van der Waals surface area contributed by atoms with Gasteiger partial charge in [0.1, 0.15) is 5.69 Å². The Bertz CT molecular complexity index is 598. The number of hydrogen-bond donors (Lipinski definition) is 4. The van der Waals surface area contributed by atoms with Crippen LogP contribution in [0, 0.1) is 0 Å². The van der Waals surface area contributed by atoms with Gasteiger partial charge < -0.3 is 21.5 Å². The van der Waals surface area contributed by atoms with Gasteiger partial charge in [0.25, 0.3) is 0 Å². The lowest BCUT2D eigenvalue weighted by molar-refractivity contribution is 0.259. The molecule has 2 amide bonds. The maximum atomic E-state index is 10.8. The maximum absolute atomic E-state index is 10.8. The largest absolute Gasteiger partial charge is 0.396 e. The summed E-state index contributed by atoms with van der Waals surface area (Å²) in [6.45, 7) is 1.29. The summed E-state index contributed by atoms with van der Waals surface area (Å²) in [4.78, 5) is 10.8. The summed E-state index contributed by atoms with van der Waals surface area (Å²) in [6, 6.07) is 6.62. The van der Waals surface area contributed by atoms with E-state index in [1.165, 1.54) is 0 Å². The minimum absolute atomic E-state index is 0.132. The molecule has 0 aliphatic carbocycles. The van der Waals surface area contributed by atoms with E-state index in [0.717, 1.165) is 11.4 Å². The van der Waals surface area contributed by atoms with Crippen molar-refractivity contribution >= 4 is 17.4 Å². The van der Waals surface area contributed by atoms with Crippen LogP contribution in [0.15, 0.2) is 30.5 Å². The molecular weight excluding hydrogens is 272 g/mol. The lowest BCUT2D eigenvalue weighted by Gasteiger charge is -2.07. The zero-order chi connectivity index (χ0) is 15.1. The van der Waals surface area contributed by atoms with Gasteiger partial charge >= 0.3 is 6.03 Å². The first-order valence-electron chi connectivity index (χ1n) is 6.57. The van der Waals surface area contributed by atoms with E-state index in [2.05, 4.69) is 20.9 Å². The molecule has 5 N–H and O–H groups in total. The summed E-state index contributed by atoms with van der Waals surface area (Å²) in [5.41, 5.74) is 7.33. The average Bonchev–Trinajstić information content (AvgIpc) is 2.90. The standard InChI is InChI=1S/C13H18N6O2/c14-13(21)16-11-4-1-3-10(7-11)15-8-12-9-19(18-17-12)5-2-6-20/h1,3-4,7,9,15,20H,2,5-6,8H2,(H3,14,16,21). The molecule has 0 aliphatic rings. The molecule has 8 heteroatoms. The number of aliphatic hydroxyl groups excluding tert-OH is 1. The van der Waals surface area contributed by atoms with E-state index in [1.807, 2.05) is 18.3 Å². The highest BCUT2D eigenvalue weighted by Gasteiger charge is 2.02. The molecule has 0 bridgehead atoms. The molecule has 8 nitrogen and oxygen atoms in total. The zero-order valence-corrected chi connectivity index (χ0v) is 11.5. The number of urea groups is 1. The van der Waals surface area contributed by atoms with Crippen LogP contribution in [0.1, 0.15) is 12.1 Å². The molecule has 1 heterocycles. The van der Waals surface area contributed by atoms with Gasteiger partial charge in [-0.1, -0.05) is 11.3 Å². The zero-order valence-electron chi connectivity index (χ0n) is 11.5. The predicted octanol–water partition coefficient (Wildman–Crippen LogP) is 0.763. The van der Waals surface area contributed by atoms with Gasteiger partial charge in [-0.25, -0.2) is 4.79 Å². The van der Waals surface area contributed by atoms with Gasteiger partial charge in [-0.3, -0.25) is 4.68 Å². The molecule has 0 spiro atoms. The Hall–Kier alpha value is -2.61. The van der Waals surface area contributed by atoms with Gasteiger partial charge in [0, 0.05) is 24.5 Å². The number of nitrogens with one attached hydrogen (secondary N) is 2. The smallest absolute Gasteiger partial charge is 0.316 e. The molecule has 0 unspecified atom stereocenters. The molecule has 0 saturated carbocycles. The van der Waals surface area contributed by atoms with Crippen LogP contribution in [-0.2, 0) is 13.1 Å². The van der Waals surface area contributed by atoms with Crippen molar-refractivity contribution in [1.82, 2.24) is 15.0 Å². The Morgan fingerprint density at radius 1 is 1.38 bits per heavy atom. The van der Waals surface area contributed by atoms with Gasteiger partial charge in [0.2, 0.25) is 0 Å². The number of carbonyl (C=O) groups is 1. The third kappa shape index (κ3) is 4.77. The van der Waals surface area contributed by atoms with Crippen LogP contribution in [0.3, 0.4) is 0 Å². The van der Waals surface area contributed by atoms with Crippen LogP contribution in [0.25, 0.3) is 0 Å². The van der Waals surface area contributed by atoms with Crippen LogP contribution < -0.4 is 16.4 Å². The average molecular weight is 290 g/mol. The molecule has 0 saturated heterocycles. The van der Waals surface area contributed by atoms with E-state index in [0.29, 0.717) is 25.2 Å². The monoisotopic (exact) mass is 290 g/mol. The van der Waals surface area contributed by atoms with E-state index in [9.17, 15) is 4.79 Å². The molecule has 2 rings (SSSR count). The molecule has 21 heavy (non-hydrogen) atoms. The number of carbonyl (C=O) groups excluding carboxylic acids is 1. The van der Waals surface area contributed by atoms with Gasteiger partial charge in [0.15, 0.2) is 0 Å². The van der Waals surface area contributed by atoms with Crippen molar-refractivity contribution in [2.24, 2.45) is 5.73 Å². The molecular formula is C13H18N6O2. The number of primary amides is 1. The van der Waals surface area contributed by atoms with Gasteiger partial charge in [-0.05, 0) is 24.6 Å². The second-order valence-corrected chi connectivity index (χ2v) is 4.47. The van der Waals surface area contributed by atoms with E-state index in [-0.39, 0.29) is 6.61 Å². The van der Waals surface area contributed by atoms with E-state index in [4.69, 9.17) is 10.8 Å². The predicted molar refractivity (Wildman–Crippen MR) is 78.7 cm³/mol. The van der Waals surface area contributed by atoms with Crippen LogP contribution in [0.4, 0.5) is 16.2 Å². The number of amides is 2. The van der Waals surface area contributed by atoms with Crippen LogP contribution >= 0.6 is 0 Å². The number of aryl methyl sites for hydroxylation is 1. The molecule has 1 aromatic heterocycles. The molecule has 112 valence electrons. The Kier molecular flexibility index (Phi) is 5.10. The number of rotatable bonds is 7. The minimum atomic E-state index is -0.598. The second-order valence-electron chi connectivity index (χ2n) is 4.47. The molecule has 0 aliphatic heterocycles. The summed E-state index contributed by atoms with van der Waals surface area (Å²) in [5.74, 6) is 0. The van der Waals surface area contributed by atoms with E-state index < -0.39 is 6.03 Å². The molecule has 0 fully saturated rings. The highest BCUT2D eigenvalue weighted by molar-refractivity contribution is 5.88. The molecule has 1 aromatic carbocycles. The Labute approximate surface area is 122 Å².